The van der Waals surface area contributed by atoms with E-state index in [2.05, 4.69) is 39.0 Å². The number of H-pyrrole nitrogens is 2. The Morgan fingerprint density at radius 1 is 0.815 bits per heavy atom. The van der Waals surface area contributed by atoms with Crippen LogP contribution >= 0.6 is 0 Å². The number of hydrogen-bond acceptors (Lipinski definition) is 3. The lowest BCUT2D eigenvalue weighted by atomic mass is 10.2. The van der Waals surface area contributed by atoms with E-state index < -0.39 is 0 Å². The van der Waals surface area contributed by atoms with Crippen molar-refractivity contribution in [3.63, 3.8) is 0 Å². The van der Waals surface area contributed by atoms with E-state index in [4.69, 9.17) is 5.26 Å². The number of hydrogen-bond donors (Lipinski definition) is 2. The lowest BCUT2D eigenvalue weighted by molar-refractivity contribution is 1.17. The maximum Gasteiger partial charge on any atom is 0.104 e. The number of rotatable bonds is 0. The van der Waals surface area contributed by atoms with Gasteiger partial charge in [0, 0.05) is 0 Å². The maximum atomic E-state index is 8.62. The monoisotopic (exact) mass is 363 g/mol. The standard InChI is InChI=1S/C9H7N3.C9H10N2.2C2H6/c1-6-11-8-3-2-7(5-10)4-9(8)12-6;1-6-4-3-5-8-9(6)11-7(2)10-8;2*1-2/h2-4H,1H3,(H,11,12);3-5H,1-2H3,(H,10,11);2*1-2H3. The van der Waals surface area contributed by atoms with Crippen LogP contribution < -0.4 is 0 Å². The lowest BCUT2D eigenvalue weighted by Crippen LogP contribution is -1.74. The third-order valence-corrected chi connectivity index (χ3v) is 3.56. The van der Waals surface area contributed by atoms with Crippen molar-refractivity contribution in [2.24, 2.45) is 0 Å². The molecule has 0 amide bonds. The van der Waals surface area contributed by atoms with Gasteiger partial charge >= 0.3 is 0 Å². The quantitative estimate of drug-likeness (QED) is 0.403. The summed E-state index contributed by atoms with van der Waals surface area (Å²) in [5.41, 5.74) is 5.93. The second-order valence-corrected chi connectivity index (χ2v) is 5.46. The predicted molar refractivity (Wildman–Crippen MR) is 114 cm³/mol. The largest absolute Gasteiger partial charge is 0.342 e. The van der Waals surface area contributed by atoms with Gasteiger partial charge in [-0.2, -0.15) is 5.26 Å². The molecule has 0 saturated carbocycles. The number of nitrogens with one attached hydrogen (secondary N) is 2. The number of aromatic amines is 2. The zero-order valence-electron chi connectivity index (χ0n) is 17.3. The number of fused-ring (bicyclic) bond motifs is 2. The number of aryl methyl sites for hydroxylation is 3. The van der Waals surface area contributed by atoms with Crippen LogP contribution in [-0.4, -0.2) is 19.9 Å². The van der Waals surface area contributed by atoms with Crippen LogP contribution in [0.15, 0.2) is 36.4 Å². The molecule has 2 heterocycles. The molecule has 0 spiro atoms. The second-order valence-electron chi connectivity index (χ2n) is 5.46. The third kappa shape index (κ3) is 5.68. The molecule has 5 heteroatoms. The Kier molecular flexibility index (Phi) is 8.74. The molecule has 2 aromatic heterocycles. The minimum atomic E-state index is 0.658. The molecular formula is C22H29N5. The van der Waals surface area contributed by atoms with E-state index in [1.54, 1.807) is 12.1 Å². The number of aromatic nitrogens is 4. The second kappa shape index (κ2) is 10.8. The first-order valence-corrected chi connectivity index (χ1v) is 9.35. The van der Waals surface area contributed by atoms with Crippen LogP contribution in [0.3, 0.4) is 0 Å². The number of benzene rings is 2. The zero-order chi connectivity index (χ0) is 20.4. The zero-order valence-corrected chi connectivity index (χ0v) is 17.3. The van der Waals surface area contributed by atoms with E-state index in [-0.39, 0.29) is 0 Å². The Balaban J connectivity index is 0.000000229. The molecule has 0 bridgehead atoms. The van der Waals surface area contributed by atoms with Crippen molar-refractivity contribution in [1.29, 1.82) is 5.26 Å². The Labute approximate surface area is 161 Å². The summed E-state index contributed by atoms with van der Waals surface area (Å²) in [6.45, 7) is 13.9. The Morgan fingerprint density at radius 3 is 2.07 bits per heavy atom. The van der Waals surface area contributed by atoms with Gasteiger partial charge in [0.2, 0.25) is 0 Å². The first-order chi connectivity index (χ1) is 13.1. The molecule has 0 unspecified atom stereocenters. The minimum absolute atomic E-state index is 0.658. The molecule has 27 heavy (non-hydrogen) atoms. The molecule has 5 nitrogen and oxygen atoms in total. The van der Waals surface area contributed by atoms with Gasteiger partial charge in [0.05, 0.1) is 33.7 Å². The van der Waals surface area contributed by atoms with Gasteiger partial charge in [-0.25, -0.2) is 9.97 Å². The van der Waals surface area contributed by atoms with Crippen molar-refractivity contribution < 1.29 is 0 Å². The molecule has 4 rings (SSSR count). The number of nitriles is 1. The van der Waals surface area contributed by atoms with Crippen molar-refractivity contribution in [2.45, 2.75) is 48.5 Å². The summed E-state index contributed by atoms with van der Waals surface area (Å²) in [4.78, 5) is 14.8. The van der Waals surface area contributed by atoms with E-state index in [0.29, 0.717) is 5.56 Å². The molecule has 142 valence electrons. The Morgan fingerprint density at radius 2 is 1.44 bits per heavy atom. The van der Waals surface area contributed by atoms with E-state index >= 15 is 0 Å². The van der Waals surface area contributed by atoms with Gasteiger partial charge in [-0.05, 0) is 50.6 Å². The SMILES string of the molecule is CC.CC.Cc1nc2c(C)cccc2[nH]1.Cc1nc2ccc(C#N)cc2[nH]1. The number of nitrogens with zero attached hydrogens (tertiary/aromatic N) is 3. The van der Waals surface area contributed by atoms with Crippen LogP contribution in [0, 0.1) is 32.1 Å². The molecule has 2 aromatic carbocycles. The summed E-state index contributed by atoms with van der Waals surface area (Å²) in [5, 5.41) is 8.62. The molecule has 0 aliphatic heterocycles. The summed E-state index contributed by atoms with van der Waals surface area (Å²) in [6, 6.07) is 13.6. The van der Waals surface area contributed by atoms with E-state index in [1.807, 2.05) is 59.7 Å². The summed E-state index contributed by atoms with van der Waals surface area (Å²) in [5.74, 6) is 1.86. The van der Waals surface area contributed by atoms with E-state index in [9.17, 15) is 0 Å². The van der Waals surface area contributed by atoms with Crippen LogP contribution in [-0.2, 0) is 0 Å². The van der Waals surface area contributed by atoms with Crippen LogP contribution in [0.5, 0.6) is 0 Å². The molecule has 2 N–H and O–H groups in total. The van der Waals surface area contributed by atoms with Crippen molar-refractivity contribution in [3.8, 4) is 6.07 Å². The van der Waals surface area contributed by atoms with Gasteiger partial charge in [-0.3, -0.25) is 0 Å². The highest BCUT2D eigenvalue weighted by atomic mass is 14.9. The molecule has 4 aromatic rings. The smallest absolute Gasteiger partial charge is 0.104 e. The number of para-hydroxylation sites is 1. The summed E-state index contributed by atoms with van der Waals surface area (Å²) in [7, 11) is 0. The van der Waals surface area contributed by atoms with Crippen LogP contribution in [0.1, 0.15) is 50.5 Å². The summed E-state index contributed by atoms with van der Waals surface area (Å²) in [6.07, 6.45) is 0. The summed E-state index contributed by atoms with van der Waals surface area (Å²) >= 11 is 0. The van der Waals surface area contributed by atoms with Gasteiger partial charge in [0.25, 0.3) is 0 Å². The average molecular weight is 364 g/mol. The first kappa shape index (κ1) is 21.9. The van der Waals surface area contributed by atoms with Crippen molar-refractivity contribution in [3.05, 3.63) is 59.2 Å². The highest BCUT2D eigenvalue weighted by molar-refractivity contribution is 5.78. The maximum absolute atomic E-state index is 8.62. The van der Waals surface area contributed by atoms with Gasteiger partial charge < -0.3 is 9.97 Å². The first-order valence-electron chi connectivity index (χ1n) is 9.35. The fraction of sp³-hybridized carbons (Fsp3) is 0.318. The summed E-state index contributed by atoms with van der Waals surface area (Å²) < 4.78 is 0. The van der Waals surface area contributed by atoms with Crippen LogP contribution in [0.25, 0.3) is 22.1 Å². The lowest BCUT2D eigenvalue weighted by Gasteiger charge is -1.90. The van der Waals surface area contributed by atoms with Crippen LogP contribution in [0.4, 0.5) is 0 Å². The molecule has 0 radical (unpaired) electrons. The fourth-order valence-corrected chi connectivity index (χ4v) is 2.51. The molecule has 0 aliphatic carbocycles. The molecule has 0 aliphatic rings. The van der Waals surface area contributed by atoms with Crippen molar-refractivity contribution >= 4 is 22.1 Å². The molecule has 0 fully saturated rings. The third-order valence-electron chi connectivity index (χ3n) is 3.56. The predicted octanol–water partition coefficient (Wildman–Crippen LogP) is 5.98. The molecule has 0 atom stereocenters. The van der Waals surface area contributed by atoms with Crippen molar-refractivity contribution in [1.82, 2.24) is 19.9 Å². The topological polar surface area (TPSA) is 81.2 Å². The minimum Gasteiger partial charge on any atom is -0.342 e. The van der Waals surface area contributed by atoms with E-state index in [1.165, 1.54) is 5.56 Å². The van der Waals surface area contributed by atoms with Gasteiger partial charge in [-0.1, -0.05) is 39.8 Å². The van der Waals surface area contributed by atoms with E-state index in [0.717, 1.165) is 33.7 Å². The Bertz CT molecular complexity index is 1020. The van der Waals surface area contributed by atoms with Crippen molar-refractivity contribution in [2.75, 3.05) is 0 Å². The fourth-order valence-electron chi connectivity index (χ4n) is 2.51. The molecule has 0 saturated heterocycles. The highest BCUT2D eigenvalue weighted by Crippen LogP contribution is 2.14. The highest BCUT2D eigenvalue weighted by Gasteiger charge is 2.00. The Hall–Kier alpha value is -3.13. The van der Waals surface area contributed by atoms with Gasteiger partial charge in [-0.15, -0.1) is 0 Å². The normalized spacial score (nSPS) is 9.26. The van der Waals surface area contributed by atoms with Crippen LogP contribution in [0.2, 0.25) is 0 Å². The van der Waals surface area contributed by atoms with Gasteiger partial charge in [0.15, 0.2) is 0 Å². The number of imidazole rings is 2. The van der Waals surface area contributed by atoms with Gasteiger partial charge in [0.1, 0.15) is 11.6 Å². The molecular weight excluding hydrogens is 334 g/mol. The average Bonchev–Trinajstić information content (AvgIpc) is 3.26.